The van der Waals surface area contributed by atoms with Gasteiger partial charge in [-0.25, -0.2) is 0 Å². The number of fused-ring (bicyclic) bond motifs is 1. The molecule has 2 aromatic rings. The van der Waals surface area contributed by atoms with Crippen LogP contribution in [0.1, 0.15) is 70.1 Å². The Morgan fingerprint density at radius 2 is 1.84 bits per heavy atom. The summed E-state index contributed by atoms with van der Waals surface area (Å²) in [6.45, 7) is 7.28. The summed E-state index contributed by atoms with van der Waals surface area (Å²) in [5.74, 6) is 0.634. The third-order valence-electron chi connectivity index (χ3n) is 6.48. The topological polar surface area (TPSA) is 56.8 Å². The van der Waals surface area contributed by atoms with E-state index in [0.717, 1.165) is 54.8 Å². The first-order valence-electron chi connectivity index (χ1n) is 11.9. The molecular formula is C27H35NO4. The van der Waals surface area contributed by atoms with Crippen molar-refractivity contribution in [3.63, 3.8) is 0 Å². The van der Waals surface area contributed by atoms with Crippen molar-refractivity contribution in [3.05, 3.63) is 59.7 Å². The molecule has 172 valence electrons. The number of hydrogen-bond acceptors (Lipinski definition) is 5. The van der Waals surface area contributed by atoms with E-state index in [0.29, 0.717) is 6.61 Å². The molecule has 2 unspecified atom stereocenters. The number of carbonyl (C=O) groups is 1. The van der Waals surface area contributed by atoms with Gasteiger partial charge in [0.2, 0.25) is 0 Å². The van der Waals surface area contributed by atoms with Crippen LogP contribution in [0.5, 0.6) is 5.75 Å². The lowest BCUT2D eigenvalue weighted by Gasteiger charge is -2.44. The van der Waals surface area contributed by atoms with Crippen LogP contribution in [0, 0.1) is 5.92 Å². The average molecular weight is 438 g/mol. The van der Waals surface area contributed by atoms with E-state index in [2.05, 4.69) is 18.3 Å². The van der Waals surface area contributed by atoms with Gasteiger partial charge >= 0.3 is 5.97 Å². The lowest BCUT2D eigenvalue weighted by molar-refractivity contribution is -0.190. The first-order valence-corrected chi connectivity index (χ1v) is 11.9. The molecule has 0 radical (unpaired) electrons. The van der Waals surface area contributed by atoms with E-state index >= 15 is 0 Å². The quantitative estimate of drug-likeness (QED) is 0.535. The van der Waals surface area contributed by atoms with Gasteiger partial charge in [-0.1, -0.05) is 49.6 Å². The van der Waals surface area contributed by atoms with Gasteiger partial charge in [0, 0.05) is 17.8 Å². The number of benzene rings is 2. The zero-order valence-corrected chi connectivity index (χ0v) is 19.4. The molecule has 0 amide bonds. The molecule has 5 nitrogen and oxygen atoms in total. The number of anilines is 1. The van der Waals surface area contributed by atoms with E-state index in [4.69, 9.17) is 14.2 Å². The third-order valence-corrected chi connectivity index (χ3v) is 6.48. The summed E-state index contributed by atoms with van der Waals surface area (Å²) in [6, 6.07) is 16.1. The molecule has 2 aliphatic rings. The van der Waals surface area contributed by atoms with Crippen molar-refractivity contribution in [3.8, 4) is 5.75 Å². The molecule has 0 saturated heterocycles. The minimum Gasteiger partial charge on any atom is -0.483 e. The van der Waals surface area contributed by atoms with Gasteiger partial charge < -0.3 is 19.5 Å². The summed E-state index contributed by atoms with van der Waals surface area (Å²) < 4.78 is 19.0. The summed E-state index contributed by atoms with van der Waals surface area (Å²) in [7, 11) is 0. The maximum absolute atomic E-state index is 13.1. The van der Waals surface area contributed by atoms with Crippen LogP contribution in [0.4, 0.5) is 5.69 Å². The first kappa shape index (κ1) is 22.7. The summed E-state index contributed by atoms with van der Waals surface area (Å²) in [6.07, 6.45) is 4.24. The predicted octanol–water partition coefficient (Wildman–Crippen LogP) is 6.04. The van der Waals surface area contributed by atoms with Gasteiger partial charge in [-0.05, 0) is 57.4 Å². The van der Waals surface area contributed by atoms with Crippen molar-refractivity contribution in [2.45, 2.75) is 77.3 Å². The van der Waals surface area contributed by atoms with Gasteiger partial charge in [0.25, 0.3) is 0 Å². The second-order valence-corrected chi connectivity index (χ2v) is 9.40. The highest BCUT2D eigenvalue weighted by molar-refractivity contribution is 5.73. The van der Waals surface area contributed by atoms with Crippen LogP contribution in [0.15, 0.2) is 48.5 Å². The van der Waals surface area contributed by atoms with Crippen molar-refractivity contribution in [1.29, 1.82) is 0 Å². The Morgan fingerprint density at radius 1 is 1.09 bits per heavy atom. The number of esters is 1. The maximum atomic E-state index is 13.1. The SMILES string of the molecule is CCNc1ccc2c(c1)C(OCc1ccccc1)C(OC(=O)C1CCCCC1)C(C)(C)O2. The monoisotopic (exact) mass is 437 g/mol. The number of rotatable bonds is 7. The van der Waals surface area contributed by atoms with E-state index in [1.165, 1.54) is 6.42 Å². The van der Waals surface area contributed by atoms with Crippen LogP contribution >= 0.6 is 0 Å². The van der Waals surface area contributed by atoms with E-state index in [1.54, 1.807) is 0 Å². The number of carbonyl (C=O) groups excluding carboxylic acids is 1. The fourth-order valence-corrected chi connectivity index (χ4v) is 4.75. The minimum atomic E-state index is -0.710. The molecule has 1 fully saturated rings. The van der Waals surface area contributed by atoms with Gasteiger partial charge in [0.15, 0.2) is 6.10 Å². The van der Waals surface area contributed by atoms with Gasteiger partial charge in [-0.3, -0.25) is 4.79 Å². The Labute approximate surface area is 191 Å². The highest BCUT2D eigenvalue weighted by Crippen LogP contribution is 2.45. The van der Waals surface area contributed by atoms with Crippen molar-refractivity contribution < 1.29 is 19.0 Å². The van der Waals surface area contributed by atoms with Crippen molar-refractivity contribution in [1.82, 2.24) is 0 Å². The predicted molar refractivity (Wildman–Crippen MR) is 126 cm³/mol. The Morgan fingerprint density at radius 3 is 2.56 bits per heavy atom. The fraction of sp³-hybridized carbons (Fsp3) is 0.519. The molecule has 1 aliphatic heterocycles. The lowest BCUT2D eigenvalue weighted by Crippen LogP contribution is -2.52. The molecule has 1 N–H and O–H groups in total. The van der Waals surface area contributed by atoms with E-state index in [1.807, 2.05) is 56.3 Å². The Bertz CT molecular complexity index is 905. The largest absolute Gasteiger partial charge is 0.483 e. The molecule has 32 heavy (non-hydrogen) atoms. The zero-order chi connectivity index (χ0) is 22.6. The second-order valence-electron chi connectivity index (χ2n) is 9.40. The molecule has 0 spiro atoms. The molecular weight excluding hydrogens is 402 g/mol. The van der Waals surface area contributed by atoms with Crippen LogP contribution in [-0.2, 0) is 20.9 Å². The summed E-state index contributed by atoms with van der Waals surface area (Å²) >= 11 is 0. The smallest absolute Gasteiger partial charge is 0.309 e. The molecule has 1 aliphatic carbocycles. The third kappa shape index (κ3) is 5.09. The van der Waals surface area contributed by atoms with E-state index in [-0.39, 0.29) is 11.9 Å². The average Bonchev–Trinajstić information content (AvgIpc) is 2.80. The molecule has 4 rings (SSSR count). The van der Waals surface area contributed by atoms with Crippen LogP contribution < -0.4 is 10.1 Å². The highest BCUT2D eigenvalue weighted by Gasteiger charge is 2.48. The minimum absolute atomic E-state index is 0.0242. The van der Waals surface area contributed by atoms with Crippen LogP contribution in [0.2, 0.25) is 0 Å². The number of nitrogens with one attached hydrogen (secondary N) is 1. The summed E-state index contributed by atoms with van der Waals surface area (Å²) in [4.78, 5) is 13.1. The fourth-order valence-electron chi connectivity index (χ4n) is 4.75. The maximum Gasteiger partial charge on any atom is 0.309 e. The standard InChI is InChI=1S/C27H35NO4/c1-4-28-21-15-16-23-22(17-21)24(30-18-19-11-7-5-8-12-19)25(27(2,3)32-23)31-26(29)20-13-9-6-10-14-20/h5,7-8,11-12,15-17,20,24-25,28H,4,6,9-10,13-14,18H2,1-3H3. The summed E-state index contributed by atoms with van der Waals surface area (Å²) in [5.41, 5.74) is 2.29. The highest BCUT2D eigenvalue weighted by atomic mass is 16.6. The van der Waals surface area contributed by atoms with Crippen molar-refractivity contribution in [2.75, 3.05) is 11.9 Å². The second kappa shape index (κ2) is 9.95. The number of ether oxygens (including phenoxy) is 3. The molecule has 0 aromatic heterocycles. The van der Waals surface area contributed by atoms with E-state index < -0.39 is 17.8 Å². The van der Waals surface area contributed by atoms with Gasteiger partial charge in [0.1, 0.15) is 17.5 Å². The number of hydrogen-bond donors (Lipinski definition) is 1. The zero-order valence-electron chi connectivity index (χ0n) is 19.4. The first-order chi connectivity index (χ1) is 15.5. The van der Waals surface area contributed by atoms with Crippen LogP contribution in [0.3, 0.4) is 0 Å². The normalized spacial score (nSPS) is 22.5. The summed E-state index contributed by atoms with van der Waals surface area (Å²) in [5, 5.41) is 3.36. The Balaban J connectivity index is 1.64. The lowest BCUT2D eigenvalue weighted by atomic mass is 9.86. The molecule has 0 bridgehead atoms. The van der Waals surface area contributed by atoms with Gasteiger partial charge in [0.05, 0.1) is 12.5 Å². The molecule has 5 heteroatoms. The molecule has 1 saturated carbocycles. The van der Waals surface area contributed by atoms with Crippen molar-refractivity contribution >= 4 is 11.7 Å². The van der Waals surface area contributed by atoms with Crippen LogP contribution in [0.25, 0.3) is 0 Å². The van der Waals surface area contributed by atoms with Gasteiger partial charge in [-0.2, -0.15) is 0 Å². The Kier molecular flexibility index (Phi) is 7.04. The van der Waals surface area contributed by atoms with Gasteiger partial charge in [-0.15, -0.1) is 0 Å². The molecule has 2 aromatic carbocycles. The van der Waals surface area contributed by atoms with Crippen molar-refractivity contribution in [2.24, 2.45) is 5.92 Å². The Hall–Kier alpha value is -2.53. The molecule has 2 atom stereocenters. The van der Waals surface area contributed by atoms with Crippen LogP contribution in [-0.4, -0.2) is 24.2 Å². The molecule has 1 heterocycles. The van der Waals surface area contributed by atoms with E-state index in [9.17, 15) is 4.79 Å².